The highest BCUT2D eigenvalue weighted by Gasteiger charge is 2.19. The third kappa shape index (κ3) is 2.84. The molecule has 22 heavy (non-hydrogen) atoms. The lowest BCUT2D eigenvalue weighted by molar-refractivity contribution is 0.102. The molecule has 114 valence electrons. The number of aryl methyl sites for hydroxylation is 1. The first kappa shape index (κ1) is 14.6. The number of carbonyl (C=O) groups is 1. The molecule has 1 N–H and O–H groups in total. The molecule has 1 saturated heterocycles. The molecule has 1 amide bonds. The first-order valence-electron chi connectivity index (χ1n) is 7.88. The second kappa shape index (κ2) is 6.22. The normalized spacial score (nSPS) is 14.2. The van der Waals surface area contributed by atoms with Crippen molar-refractivity contribution in [2.24, 2.45) is 0 Å². The molecule has 0 bridgehead atoms. The summed E-state index contributed by atoms with van der Waals surface area (Å²) in [4.78, 5) is 15.0. The van der Waals surface area contributed by atoms with Crippen LogP contribution in [0.3, 0.4) is 0 Å². The van der Waals surface area contributed by atoms with Crippen LogP contribution in [-0.4, -0.2) is 19.0 Å². The zero-order valence-electron chi connectivity index (χ0n) is 13.2. The van der Waals surface area contributed by atoms with Crippen LogP contribution in [0, 0.1) is 13.8 Å². The molecule has 3 heteroatoms. The van der Waals surface area contributed by atoms with Gasteiger partial charge in [0.25, 0.3) is 5.91 Å². The van der Waals surface area contributed by atoms with Crippen molar-refractivity contribution in [2.45, 2.75) is 26.7 Å². The van der Waals surface area contributed by atoms with Crippen LogP contribution in [0.5, 0.6) is 0 Å². The predicted molar refractivity (Wildman–Crippen MR) is 91.8 cm³/mol. The summed E-state index contributed by atoms with van der Waals surface area (Å²) in [6, 6.07) is 13.9. The molecule has 1 aliphatic heterocycles. The van der Waals surface area contributed by atoms with Crippen molar-refractivity contribution >= 4 is 17.3 Å². The zero-order valence-corrected chi connectivity index (χ0v) is 13.2. The van der Waals surface area contributed by atoms with E-state index in [1.54, 1.807) is 0 Å². The monoisotopic (exact) mass is 294 g/mol. The average Bonchev–Trinajstić information content (AvgIpc) is 3.06. The number of amides is 1. The zero-order chi connectivity index (χ0) is 15.5. The smallest absolute Gasteiger partial charge is 0.257 e. The van der Waals surface area contributed by atoms with Crippen molar-refractivity contribution in [1.82, 2.24) is 0 Å². The van der Waals surface area contributed by atoms with Gasteiger partial charge in [-0.15, -0.1) is 0 Å². The Labute approximate surface area is 132 Å². The Bertz CT molecular complexity index is 688. The molecule has 0 radical (unpaired) electrons. The van der Waals surface area contributed by atoms with Gasteiger partial charge in [0.15, 0.2) is 0 Å². The summed E-state index contributed by atoms with van der Waals surface area (Å²) in [5.74, 6) is -0.0313. The van der Waals surface area contributed by atoms with E-state index in [0.29, 0.717) is 0 Å². The number of anilines is 2. The molecule has 0 unspecified atom stereocenters. The van der Waals surface area contributed by atoms with Gasteiger partial charge in [0.2, 0.25) is 0 Å². The van der Waals surface area contributed by atoms with E-state index in [0.717, 1.165) is 35.6 Å². The van der Waals surface area contributed by atoms with E-state index in [1.807, 2.05) is 43.3 Å². The van der Waals surface area contributed by atoms with Gasteiger partial charge in [-0.3, -0.25) is 4.79 Å². The summed E-state index contributed by atoms with van der Waals surface area (Å²) in [5.41, 5.74) is 4.99. The number of carbonyl (C=O) groups excluding carboxylic acids is 1. The molecule has 1 aliphatic rings. The second-order valence-electron chi connectivity index (χ2n) is 5.91. The molecule has 0 aromatic heterocycles. The Balaban J connectivity index is 1.88. The highest BCUT2D eigenvalue weighted by atomic mass is 16.1. The van der Waals surface area contributed by atoms with E-state index in [4.69, 9.17) is 0 Å². The Morgan fingerprint density at radius 1 is 1.00 bits per heavy atom. The number of rotatable bonds is 3. The first-order valence-corrected chi connectivity index (χ1v) is 7.88. The van der Waals surface area contributed by atoms with Gasteiger partial charge in [-0.25, -0.2) is 0 Å². The van der Waals surface area contributed by atoms with Gasteiger partial charge in [0.05, 0.1) is 5.56 Å². The molecule has 1 fully saturated rings. The summed E-state index contributed by atoms with van der Waals surface area (Å²) in [6.07, 6.45) is 2.40. The number of para-hydroxylation sites is 1. The van der Waals surface area contributed by atoms with Gasteiger partial charge in [-0.05, 0) is 56.0 Å². The van der Waals surface area contributed by atoms with Crippen molar-refractivity contribution in [2.75, 3.05) is 23.3 Å². The number of benzene rings is 2. The standard InChI is InChI=1S/C19H22N2O/c1-14-8-7-10-17(15(14)2)20-19(22)16-9-3-4-11-18(16)21-12-5-6-13-21/h3-4,7-11H,5-6,12-13H2,1-2H3,(H,20,22). The molecular weight excluding hydrogens is 272 g/mol. The van der Waals surface area contributed by atoms with Gasteiger partial charge < -0.3 is 10.2 Å². The Hall–Kier alpha value is -2.29. The Morgan fingerprint density at radius 2 is 1.73 bits per heavy atom. The maximum Gasteiger partial charge on any atom is 0.257 e. The molecule has 1 heterocycles. The van der Waals surface area contributed by atoms with Crippen LogP contribution in [0.15, 0.2) is 42.5 Å². The summed E-state index contributed by atoms with van der Waals surface area (Å²) in [6.45, 7) is 6.17. The topological polar surface area (TPSA) is 32.3 Å². The van der Waals surface area contributed by atoms with Gasteiger partial charge in [-0.2, -0.15) is 0 Å². The highest BCUT2D eigenvalue weighted by molar-refractivity contribution is 6.08. The summed E-state index contributed by atoms with van der Waals surface area (Å²) in [5, 5.41) is 3.07. The SMILES string of the molecule is Cc1cccc(NC(=O)c2ccccc2N2CCCC2)c1C. The summed E-state index contributed by atoms with van der Waals surface area (Å²) >= 11 is 0. The molecule has 3 rings (SSSR count). The van der Waals surface area contributed by atoms with Crippen LogP contribution < -0.4 is 10.2 Å². The van der Waals surface area contributed by atoms with Crippen molar-refractivity contribution < 1.29 is 4.79 Å². The van der Waals surface area contributed by atoms with E-state index in [1.165, 1.54) is 18.4 Å². The van der Waals surface area contributed by atoms with E-state index in [-0.39, 0.29) is 5.91 Å². The van der Waals surface area contributed by atoms with E-state index >= 15 is 0 Å². The Kier molecular flexibility index (Phi) is 4.14. The molecule has 2 aromatic rings. The lowest BCUT2D eigenvalue weighted by Gasteiger charge is -2.21. The maximum absolute atomic E-state index is 12.7. The maximum atomic E-state index is 12.7. The van der Waals surface area contributed by atoms with Gasteiger partial charge in [0, 0.05) is 24.5 Å². The molecule has 0 aliphatic carbocycles. The van der Waals surface area contributed by atoms with Gasteiger partial charge >= 0.3 is 0 Å². The van der Waals surface area contributed by atoms with Gasteiger partial charge in [0.1, 0.15) is 0 Å². The number of nitrogens with zero attached hydrogens (tertiary/aromatic N) is 1. The van der Waals surface area contributed by atoms with Crippen molar-refractivity contribution in [3.05, 3.63) is 59.2 Å². The molecule has 3 nitrogen and oxygen atoms in total. The van der Waals surface area contributed by atoms with Crippen molar-refractivity contribution in [3.63, 3.8) is 0 Å². The third-order valence-corrected chi connectivity index (χ3v) is 4.45. The molecule has 0 saturated carbocycles. The van der Waals surface area contributed by atoms with E-state index in [2.05, 4.69) is 23.2 Å². The van der Waals surface area contributed by atoms with E-state index < -0.39 is 0 Å². The molecule has 0 atom stereocenters. The lowest BCUT2D eigenvalue weighted by Crippen LogP contribution is -2.23. The van der Waals surface area contributed by atoms with Crippen LogP contribution in [0.25, 0.3) is 0 Å². The molecular formula is C19H22N2O. The minimum Gasteiger partial charge on any atom is -0.371 e. The number of hydrogen-bond acceptors (Lipinski definition) is 2. The van der Waals surface area contributed by atoms with Crippen LogP contribution in [0.2, 0.25) is 0 Å². The average molecular weight is 294 g/mol. The predicted octanol–water partition coefficient (Wildman–Crippen LogP) is 4.16. The Morgan fingerprint density at radius 3 is 2.50 bits per heavy atom. The molecule has 0 spiro atoms. The fourth-order valence-corrected chi connectivity index (χ4v) is 2.98. The van der Waals surface area contributed by atoms with Crippen LogP contribution >= 0.6 is 0 Å². The fourth-order valence-electron chi connectivity index (χ4n) is 2.98. The van der Waals surface area contributed by atoms with Crippen LogP contribution in [0.4, 0.5) is 11.4 Å². The summed E-state index contributed by atoms with van der Waals surface area (Å²) in [7, 11) is 0. The van der Waals surface area contributed by atoms with E-state index in [9.17, 15) is 4.79 Å². The van der Waals surface area contributed by atoms with Crippen LogP contribution in [0.1, 0.15) is 34.3 Å². The second-order valence-corrected chi connectivity index (χ2v) is 5.91. The van der Waals surface area contributed by atoms with Crippen molar-refractivity contribution in [3.8, 4) is 0 Å². The fraction of sp³-hybridized carbons (Fsp3) is 0.316. The van der Waals surface area contributed by atoms with Crippen molar-refractivity contribution in [1.29, 1.82) is 0 Å². The third-order valence-electron chi connectivity index (χ3n) is 4.45. The van der Waals surface area contributed by atoms with Gasteiger partial charge in [-0.1, -0.05) is 24.3 Å². The number of nitrogens with one attached hydrogen (secondary N) is 1. The minimum atomic E-state index is -0.0313. The number of hydrogen-bond donors (Lipinski definition) is 1. The minimum absolute atomic E-state index is 0.0313. The molecule has 2 aromatic carbocycles. The lowest BCUT2D eigenvalue weighted by atomic mass is 10.1. The van der Waals surface area contributed by atoms with Crippen LogP contribution in [-0.2, 0) is 0 Å². The first-order chi connectivity index (χ1) is 10.7. The summed E-state index contributed by atoms with van der Waals surface area (Å²) < 4.78 is 0. The largest absolute Gasteiger partial charge is 0.371 e. The quantitative estimate of drug-likeness (QED) is 0.922. The highest BCUT2D eigenvalue weighted by Crippen LogP contribution is 2.26.